The number of hydrogen-bond donors (Lipinski definition) is 0. The maximum Gasteiger partial charge on any atom is 0.0785 e. The SMILES string of the molecule is N#CCc1ccc(-c2cc(Cl)c(Cl)c(Cl)c2)c(-c2cc(Cl)c(Cl)c(Cl)c2)n1. The molecule has 0 aliphatic carbocycles. The van der Waals surface area contributed by atoms with E-state index in [0.29, 0.717) is 42.6 Å². The van der Waals surface area contributed by atoms with E-state index in [1.165, 1.54) is 0 Å². The molecule has 0 N–H and O–H groups in total. The van der Waals surface area contributed by atoms with Gasteiger partial charge in [0.2, 0.25) is 0 Å². The highest BCUT2D eigenvalue weighted by Crippen LogP contribution is 2.41. The number of nitriles is 1. The molecule has 1 aromatic heterocycles. The Morgan fingerprint density at radius 1 is 0.741 bits per heavy atom. The molecule has 0 bridgehead atoms. The molecule has 136 valence electrons. The van der Waals surface area contributed by atoms with Crippen molar-refractivity contribution >= 4 is 69.6 Å². The minimum Gasteiger partial charge on any atom is -0.251 e. The molecule has 0 radical (unpaired) electrons. The molecule has 2 nitrogen and oxygen atoms in total. The smallest absolute Gasteiger partial charge is 0.0785 e. The summed E-state index contributed by atoms with van der Waals surface area (Å²) in [6.45, 7) is 0. The lowest BCUT2D eigenvalue weighted by Crippen LogP contribution is -1.96. The zero-order valence-electron chi connectivity index (χ0n) is 13.3. The van der Waals surface area contributed by atoms with Gasteiger partial charge in [-0.3, -0.25) is 4.98 Å². The van der Waals surface area contributed by atoms with E-state index in [-0.39, 0.29) is 16.5 Å². The van der Waals surface area contributed by atoms with E-state index < -0.39 is 0 Å². The highest BCUT2D eigenvalue weighted by Gasteiger charge is 2.16. The molecule has 0 aliphatic heterocycles. The van der Waals surface area contributed by atoms with Crippen molar-refractivity contribution in [1.82, 2.24) is 4.98 Å². The first kappa shape index (κ1) is 20.6. The summed E-state index contributed by atoms with van der Waals surface area (Å²) in [4.78, 5) is 4.60. The van der Waals surface area contributed by atoms with Crippen LogP contribution in [0.1, 0.15) is 5.69 Å². The second-order valence-electron chi connectivity index (χ2n) is 5.54. The summed E-state index contributed by atoms with van der Waals surface area (Å²) in [7, 11) is 0. The number of halogens is 6. The van der Waals surface area contributed by atoms with Crippen molar-refractivity contribution in [2.24, 2.45) is 0 Å². The molecule has 0 saturated heterocycles. The van der Waals surface area contributed by atoms with Crippen LogP contribution in [0.4, 0.5) is 0 Å². The van der Waals surface area contributed by atoms with Gasteiger partial charge in [0, 0.05) is 11.1 Å². The number of nitrogens with zero attached hydrogens (tertiary/aromatic N) is 2. The third-order valence-electron chi connectivity index (χ3n) is 3.77. The molecular weight excluding hydrogens is 469 g/mol. The van der Waals surface area contributed by atoms with E-state index in [4.69, 9.17) is 74.9 Å². The minimum atomic E-state index is 0.157. The third kappa shape index (κ3) is 4.30. The van der Waals surface area contributed by atoms with Crippen LogP contribution in [0.3, 0.4) is 0 Å². The van der Waals surface area contributed by atoms with Crippen molar-refractivity contribution in [3.05, 3.63) is 72.2 Å². The molecule has 0 aliphatic rings. The van der Waals surface area contributed by atoms with Crippen LogP contribution in [-0.2, 0) is 6.42 Å². The molecule has 3 aromatic rings. The maximum absolute atomic E-state index is 9.00. The first-order valence-electron chi connectivity index (χ1n) is 7.48. The molecule has 0 amide bonds. The van der Waals surface area contributed by atoms with Crippen LogP contribution in [0.2, 0.25) is 30.1 Å². The zero-order valence-corrected chi connectivity index (χ0v) is 17.9. The Morgan fingerprint density at radius 3 is 1.70 bits per heavy atom. The molecule has 0 fully saturated rings. The molecule has 27 heavy (non-hydrogen) atoms. The standard InChI is InChI=1S/C19H8Cl6N2/c20-13-5-9(6-14(21)17(13)24)12-2-1-11(3-4-26)27-19(12)10-7-15(22)18(25)16(23)8-10/h1-2,5-8H,3H2. The van der Waals surface area contributed by atoms with Crippen molar-refractivity contribution in [2.75, 3.05) is 0 Å². The van der Waals surface area contributed by atoms with Crippen LogP contribution in [0.25, 0.3) is 22.4 Å². The predicted molar refractivity (Wildman–Crippen MR) is 114 cm³/mol. The van der Waals surface area contributed by atoms with Gasteiger partial charge in [-0.2, -0.15) is 5.26 Å². The topological polar surface area (TPSA) is 36.7 Å². The minimum absolute atomic E-state index is 0.157. The summed E-state index contributed by atoms with van der Waals surface area (Å²) >= 11 is 36.8. The molecule has 2 aromatic carbocycles. The van der Waals surface area contributed by atoms with Gasteiger partial charge in [0.05, 0.1) is 54.0 Å². The Bertz CT molecular complexity index is 1040. The van der Waals surface area contributed by atoms with Gasteiger partial charge in [-0.25, -0.2) is 0 Å². The fourth-order valence-corrected chi connectivity index (χ4v) is 3.73. The molecule has 8 heteroatoms. The van der Waals surface area contributed by atoms with Crippen molar-refractivity contribution in [1.29, 1.82) is 5.26 Å². The summed E-state index contributed by atoms with van der Waals surface area (Å²) in [6.07, 6.45) is 0.157. The van der Waals surface area contributed by atoms with Gasteiger partial charge in [-0.1, -0.05) is 75.7 Å². The Balaban J connectivity index is 2.29. The number of aromatic nitrogens is 1. The van der Waals surface area contributed by atoms with Crippen LogP contribution < -0.4 is 0 Å². The number of hydrogen-bond acceptors (Lipinski definition) is 2. The normalized spacial score (nSPS) is 10.7. The average molecular weight is 477 g/mol. The first-order chi connectivity index (χ1) is 12.8. The van der Waals surface area contributed by atoms with Gasteiger partial charge >= 0.3 is 0 Å². The monoisotopic (exact) mass is 474 g/mol. The molecule has 0 atom stereocenters. The summed E-state index contributed by atoms with van der Waals surface area (Å²) in [5, 5.41) is 10.8. The van der Waals surface area contributed by atoms with E-state index in [0.717, 1.165) is 5.56 Å². The highest BCUT2D eigenvalue weighted by molar-refractivity contribution is 6.49. The third-order valence-corrected chi connectivity index (χ3v) is 6.16. The van der Waals surface area contributed by atoms with Gasteiger partial charge in [-0.15, -0.1) is 0 Å². The fraction of sp³-hybridized carbons (Fsp3) is 0.0526. The Hall–Kier alpha value is -1.18. The van der Waals surface area contributed by atoms with E-state index >= 15 is 0 Å². The molecule has 1 heterocycles. The van der Waals surface area contributed by atoms with E-state index in [9.17, 15) is 0 Å². The first-order valence-corrected chi connectivity index (χ1v) is 9.75. The Labute approximate surface area is 186 Å². The van der Waals surface area contributed by atoms with Crippen LogP contribution in [0.15, 0.2) is 36.4 Å². The quantitative estimate of drug-likeness (QED) is 0.356. The second kappa shape index (κ2) is 8.45. The number of benzene rings is 2. The summed E-state index contributed by atoms with van der Waals surface area (Å²) in [6, 6.07) is 12.4. The Morgan fingerprint density at radius 2 is 1.22 bits per heavy atom. The molecule has 3 rings (SSSR count). The maximum atomic E-state index is 9.00. The van der Waals surface area contributed by atoms with Gasteiger partial charge in [-0.05, 0) is 35.9 Å². The largest absolute Gasteiger partial charge is 0.251 e. The lowest BCUT2D eigenvalue weighted by atomic mass is 9.98. The zero-order chi connectivity index (χ0) is 19.7. The second-order valence-corrected chi connectivity index (χ2v) is 7.93. The van der Waals surface area contributed by atoms with Crippen molar-refractivity contribution in [3.8, 4) is 28.5 Å². The summed E-state index contributed by atoms with van der Waals surface area (Å²) < 4.78 is 0. The van der Waals surface area contributed by atoms with Crippen molar-refractivity contribution in [2.45, 2.75) is 6.42 Å². The van der Waals surface area contributed by atoms with Gasteiger partial charge in [0.1, 0.15) is 0 Å². The van der Waals surface area contributed by atoms with Crippen LogP contribution in [0, 0.1) is 11.3 Å². The molecule has 0 unspecified atom stereocenters. The van der Waals surface area contributed by atoms with E-state index in [1.807, 2.05) is 6.07 Å². The Kier molecular flexibility index (Phi) is 6.43. The molecule has 0 saturated carbocycles. The van der Waals surface area contributed by atoms with Crippen molar-refractivity contribution < 1.29 is 0 Å². The number of rotatable bonds is 3. The van der Waals surface area contributed by atoms with Crippen LogP contribution in [0.5, 0.6) is 0 Å². The lowest BCUT2D eigenvalue weighted by molar-refractivity contribution is 1.12. The van der Waals surface area contributed by atoms with Gasteiger partial charge in [0.15, 0.2) is 0 Å². The van der Waals surface area contributed by atoms with Gasteiger partial charge in [0.25, 0.3) is 0 Å². The average Bonchev–Trinajstić information content (AvgIpc) is 2.63. The highest BCUT2D eigenvalue weighted by atomic mass is 35.5. The van der Waals surface area contributed by atoms with Gasteiger partial charge < -0.3 is 0 Å². The molecule has 0 spiro atoms. The fourth-order valence-electron chi connectivity index (χ4n) is 2.54. The van der Waals surface area contributed by atoms with E-state index in [2.05, 4.69) is 11.1 Å². The predicted octanol–water partition coefficient (Wildman–Crippen LogP) is 8.40. The number of pyridine rings is 1. The van der Waals surface area contributed by atoms with E-state index in [1.54, 1.807) is 30.3 Å². The lowest BCUT2D eigenvalue weighted by Gasteiger charge is -2.13. The van der Waals surface area contributed by atoms with Crippen molar-refractivity contribution in [3.63, 3.8) is 0 Å². The summed E-state index contributed by atoms with van der Waals surface area (Å²) in [5.74, 6) is 0. The molecular formula is C19H8Cl6N2. The summed E-state index contributed by atoms with van der Waals surface area (Å²) in [5.41, 5.74) is 3.25. The van der Waals surface area contributed by atoms with Crippen LogP contribution in [-0.4, -0.2) is 4.98 Å². The van der Waals surface area contributed by atoms with Crippen LogP contribution >= 0.6 is 69.6 Å².